The molecule has 2 atom stereocenters. The van der Waals surface area contributed by atoms with Gasteiger partial charge in [-0.1, -0.05) is 0 Å². The van der Waals surface area contributed by atoms with Gasteiger partial charge in [-0.05, 0) is 50.6 Å². The van der Waals surface area contributed by atoms with Crippen molar-refractivity contribution < 1.29 is 8.42 Å². The maximum absolute atomic E-state index is 11.6. The molecule has 1 aliphatic carbocycles. The van der Waals surface area contributed by atoms with Crippen molar-refractivity contribution >= 4 is 9.84 Å². The average Bonchev–Trinajstić information content (AvgIpc) is 2.95. The summed E-state index contributed by atoms with van der Waals surface area (Å²) in [7, 11) is -2.77. The van der Waals surface area contributed by atoms with E-state index in [0.29, 0.717) is 16.9 Å². The summed E-state index contributed by atoms with van der Waals surface area (Å²) in [5, 5.41) is 3.43. The van der Waals surface area contributed by atoms with E-state index in [1.165, 1.54) is 32.4 Å². The van der Waals surface area contributed by atoms with Gasteiger partial charge in [0.2, 0.25) is 0 Å². The molecule has 1 saturated carbocycles. The first-order chi connectivity index (χ1) is 8.51. The zero-order valence-electron chi connectivity index (χ0n) is 11.2. The van der Waals surface area contributed by atoms with Crippen molar-refractivity contribution in [1.82, 2.24) is 10.2 Å². The van der Waals surface area contributed by atoms with Gasteiger partial charge in [-0.15, -0.1) is 0 Å². The van der Waals surface area contributed by atoms with Crippen LogP contribution in [0.2, 0.25) is 0 Å². The Hall–Kier alpha value is -0.130. The lowest BCUT2D eigenvalue weighted by Crippen LogP contribution is -2.48. The van der Waals surface area contributed by atoms with Crippen LogP contribution in [0.4, 0.5) is 0 Å². The topological polar surface area (TPSA) is 49.4 Å². The largest absolute Gasteiger partial charge is 0.317 e. The van der Waals surface area contributed by atoms with Gasteiger partial charge in [0.05, 0.1) is 11.5 Å². The molecule has 3 fully saturated rings. The van der Waals surface area contributed by atoms with Crippen LogP contribution >= 0.6 is 0 Å². The van der Waals surface area contributed by atoms with Crippen LogP contribution in [0.25, 0.3) is 0 Å². The molecule has 1 spiro atoms. The first-order valence-corrected chi connectivity index (χ1v) is 8.98. The Morgan fingerprint density at radius 3 is 2.72 bits per heavy atom. The van der Waals surface area contributed by atoms with Crippen LogP contribution in [-0.4, -0.2) is 57.0 Å². The van der Waals surface area contributed by atoms with Gasteiger partial charge in [0.25, 0.3) is 0 Å². The molecule has 0 aromatic rings. The number of piperidine rings is 1. The Morgan fingerprint density at radius 1 is 1.33 bits per heavy atom. The third kappa shape index (κ3) is 2.45. The van der Waals surface area contributed by atoms with Crippen molar-refractivity contribution in [3.63, 3.8) is 0 Å². The fourth-order valence-corrected chi connectivity index (χ4v) is 5.44. The summed E-state index contributed by atoms with van der Waals surface area (Å²) in [6.07, 6.45) is 4.00. The van der Waals surface area contributed by atoms with E-state index in [1.54, 1.807) is 0 Å². The Bertz CT molecular complexity index is 415. The molecule has 3 aliphatic rings. The van der Waals surface area contributed by atoms with E-state index in [2.05, 4.69) is 17.1 Å². The van der Waals surface area contributed by atoms with Gasteiger partial charge in [-0.2, -0.15) is 0 Å². The van der Waals surface area contributed by atoms with E-state index < -0.39 is 9.84 Å². The van der Waals surface area contributed by atoms with Crippen LogP contribution in [0.5, 0.6) is 0 Å². The molecule has 2 saturated heterocycles. The summed E-state index contributed by atoms with van der Waals surface area (Å²) in [5.41, 5.74) is 0.612. The van der Waals surface area contributed by atoms with Gasteiger partial charge in [-0.25, -0.2) is 8.42 Å². The quantitative estimate of drug-likeness (QED) is 0.795. The Labute approximate surface area is 110 Å². The van der Waals surface area contributed by atoms with E-state index in [9.17, 15) is 8.42 Å². The van der Waals surface area contributed by atoms with Crippen molar-refractivity contribution in [2.45, 2.75) is 32.2 Å². The fraction of sp³-hybridized carbons (Fsp3) is 1.00. The molecular formula is C13H24N2O2S. The Balaban J connectivity index is 1.55. The minimum Gasteiger partial charge on any atom is -0.317 e. The molecule has 0 radical (unpaired) electrons. The summed E-state index contributed by atoms with van der Waals surface area (Å²) in [4.78, 5) is 2.41. The number of hydrogen-bond acceptors (Lipinski definition) is 4. The second kappa shape index (κ2) is 4.46. The highest BCUT2D eigenvalue weighted by atomic mass is 32.2. The van der Waals surface area contributed by atoms with Crippen LogP contribution < -0.4 is 5.32 Å². The van der Waals surface area contributed by atoms with Gasteiger partial charge < -0.3 is 5.32 Å². The van der Waals surface area contributed by atoms with E-state index in [4.69, 9.17) is 0 Å². The lowest BCUT2D eigenvalue weighted by molar-refractivity contribution is 0.195. The maximum atomic E-state index is 11.6. The van der Waals surface area contributed by atoms with Crippen LogP contribution in [0.1, 0.15) is 26.2 Å². The van der Waals surface area contributed by atoms with Gasteiger partial charge >= 0.3 is 0 Å². The predicted molar refractivity (Wildman–Crippen MR) is 72.3 cm³/mol. The van der Waals surface area contributed by atoms with E-state index in [0.717, 1.165) is 19.0 Å². The number of rotatable bonds is 2. The molecule has 2 heterocycles. The van der Waals surface area contributed by atoms with Gasteiger partial charge in [-0.3, -0.25) is 4.90 Å². The third-order valence-corrected chi connectivity index (χ3v) is 7.02. The molecule has 0 bridgehead atoms. The Morgan fingerprint density at radius 2 is 2.06 bits per heavy atom. The van der Waals surface area contributed by atoms with Crippen molar-refractivity contribution in [2.75, 3.05) is 37.7 Å². The van der Waals surface area contributed by atoms with E-state index in [1.807, 2.05) is 0 Å². The minimum atomic E-state index is -2.77. The summed E-state index contributed by atoms with van der Waals surface area (Å²) in [6, 6.07) is 0.211. The summed E-state index contributed by atoms with van der Waals surface area (Å²) in [5.74, 6) is 1.54. The second-order valence-corrected chi connectivity index (χ2v) is 8.70. The van der Waals surface area contributed by atoms with Gasteiger partial charge in [0.1, 0.15) is 0 Å². The SMILES string of the molecule is CC1CS(=O)(=O)CCN1CC1CC12CCNCC2. The molecule has 104 valence electrons. The lowest BCUT2D eigenvalue weighted by Gasteiger charge is -2.34. The second-order valence-electron chi connectivity index (χ2n) is 6.47. The zero-order valence-corrected chi connectivity index (χ0v) is 12.0. The van der Waals surface area contributed by atoms with Crippen molar-refractivity contribution in [2.24, 2.45) is 11.3 Å². The standard InChI is InChI=1S/C13H24N2O2S/c1-11-10-18(16,17)7-6-15(11)9-12-8-13(12)2-4-14-5-3-13/h11-12,14H,2-10H2,1H3. The highest BCUT2D eigenvalue weighted by molar-refractivity contribution is 7.91. The first kappa shape index (κ1) is 12.9. The Kier molecular flexibility index (Phi) is 3.19. The molecule has 0 aromatic heterocycles. The molecule has 0 aromatic carbocycles. The minimum absolute atomic E-state index is 0.211. The molecule has 0 amide bonds. The molecule has 3 rings (SSSR count). The molecule has 2 aliphatic heterocycles. The molecule has 5 heteroatoms. The molecule has 1 N–H and O–H groups in total. The average molecular weight is 272 g/mol. The van der Waals surface area contributed by atoms with E-state index >= 15 is 0 Å². The number of nitrogens with zero attached hydrogens (tertiary/aromatic N) is 1. The fourth-order valence-electron chi connectivity index (χ4n) is 3.81. The molecule has 4 nitrogen and oxygen atoms in total. The lowest BCUT2D eigenvalue weighted by atomic mass is 9.92. The smallest absolute Gasteiger partial charge is 0.153 e. The number of hydrogen-bond donors (Lipinski definition) is 1. The van der Waals surface area contributed by atoms with Crippen LogP contribution in [0, 0.1) is 11.3 Å². The number of nitrogens with one attached hydrogen (secondary N) is 1. The summed E-state index contributed by atoms with van der Waals surface area (Å²) >= 11 is 0. The van der Waals surface area contributed by atoms with Crippen molar-refractivity contribution in [3.05, 3.63) is 0 Å². The van der Waals surface area contributed by atoms with Gasteiger partial charge in [0.15, 0.2) is 9.84 Å². The zero-order chi connectivity index (χ0) is 12.8. The predicted octanol–water partition coefficient (Wildman–Crippen LogP) is 0.495. The highest BCUT2D eigenvalue weighted by Gasteiger charge is 2.54. The summed E-state index contributed by atoms with van der Waals surface area (Å²) in [6.45, 7) is 6.26. The maximum Gasteiger partial charge on any atom is 0.153 e. The van der Waals surface area contributed by atoms with Crippen molar-refractivity contribution in [3.8, 4) is 0 Å². The molecular weight excluding hydrogens is 248 g/mol. The van der Waals surface area contributed by atoms with Crippen molar-refractivity contribution in [1.29, 1.82) is 0 Å². The monoisotopic (exact) mass is 272 g/mol. The van der Waals surface area contributed by atoms with Crippen LogP contribution in [0.15, 0.2) is 0 Å². The number of sulfone groups is 1. The van der Waals surface area contributed by atoms with Gasteiger partial charge in [0, 0.05) is 19.1 Å². The normalized spacial score (nSPS) is 38.7. The first-order valence-electron chi connectivity index (χ1n) is 7.16. The molecule has 2 unspecified atom stereocenters. The third-order valence-electron chi connectivity index (χ3n) is 5.22. The molecule has 18 heavy (non-hydrogen) atoms. The van der Waals surface area contributed by atoms with Crippen LogP contribution in [0.3, 0.4) is 0 Å². The highest BCUT2D eigenvalue weighted by Crippen LogP contribution is 2.58. The van der Waals surface area contributed by atoms with Crippen LogP contribution in [-0.2, 0) is 9.84 Å². The van der Waals surface area contributed by atoms with E-state index in [-0.39, 0.29) is 6.04 Å². The summed E-state index contributed by atoms with van der Waals surface area (Å²) < 4.78 is 23.1.